The molecule has 2 heterocycles. The molecule has 9 heteroatoms. The van der Waals surface area contributed by atoms with Crippen LogP contribution in [0.15, 0.2) is 89.9 Å². The molecule has 0 fully saturated rings. The van der Waals surface area contributed by atoms with Crippen LogP contribution in [0.25, 0.3) is 17.2 Å². The van der Waals surface area contributed by atoms with Gasteiger partial charge in [0, 0.05) is 55.6 Å². The summed E-state index contributed by atoms with van der Waals surface area (Å²) in [5.74, 6) is 2.14. The van der Waals surface area contributed by atoms with Crippen LogP contribution in [0.2, 0.25) is 0 Å². The van der Waals surface area contributed by atoms with Crippen molar-refractivity contribution >= 4 is 29.1 Å². The molecule has 0 unspecified atom stereocenters. The van der Waals surface area contributed by atoms with Gasteiger partial charge in [-0.2, -0.15) is 0 Å². The number of nitrogens with zero attached hydrogens (tertiary/aromatic N) is 4. The van der Waals surface area contributed by atoms with Gasteiger partial charge in [-0.15, -0.1) is 0 Å². The van der Waals surface area contributed by atoms with Gasteiger partial charge in [0.1, 0.15) is 25.3 Å². The van der Waals surface area contributed by atoms with E-state index in [1.54, 1.807) is 7.11 Å². The third-order valence-corrected chi connectivity index (χ3v) is 8.82. The van der Waals surface area contributed by atoms with Crippen molar-refractivity contribution < 1.29 is 19.1 Å². The lowest BCUT2D eigenvalue weighted by atomic mass is 10.00. The smallest absolute Gasteiger partial charge is 0.251 e. The molecule has 1 aliphatic heterocycles. The average molecular weight is 692 g/mol. The van der Waals surface area contributed by atoms with Crippen LogP contribution in [-0.2, 0) is 27.3 Å². The number of aromatic nitrogens is 2. The second-order valence-corrected chi connectivity index (χ2v) is 13.3. The number of hydrogen-bond acceptors (Lipinski definition) is 7. The number of oxime groups is 1. The van der Waals surface area contributed by atoms with Gasteiger partial charge in [0.25, 0.3) is 5.91 Å². The molecule has 3 aromatic carbocycles. The Hall–Kier alpha value is -4.89. The Morgan fingerprint density at radius 3 is 2.47 bits per heavy atom. The molecule has 1 aromatic heterocycles. The number of imidazole rings is 1. The van der Waals surface area contributed by atoms with Crippen LogP contribution >= 0.6 is 0 Å². The Kier molecular flexibility index (Phi) is 13.9. The fourth-order valence-corrected chi connectivity index (χ4v) is 6.25. The quantitative estimate of drug-likeness (QED) is 0.0639. The van der Waals surface area contributed by atoms with E-state index in [4.69, 9.17) is 14.3 Å². The number of fused-ring (bicyclic) bond motifs is 1. The average Bonchev–Trinajstić information content (AvgIpc) is 3.49. The van der Waals surface area contributed by atoms with Crippen LogP contribution in [0.5, 0.6) is 5.75 Å². The number of hydrogen-bond donors (Lipinski definition) is 1. The molecule has 0 saturated carbocycles. The SMILES string of the molecule is CCCCOCCOc1ccc(-c2ccc3c(c2)C=C(C(=O)Nc2ccc(C(Cc4nccn4CCC)=NOC)cc2)CCN3CC(C)C)cc1. The molecule has 0 radical (unpaired) electrons. The second kappa shape index (κ2) is 18.9. The summed E-state index contributed by atoms with van der Waals surface area (Å²) in [5.41, 5.74) is 7.53. The van der Waals surface area contributed by atoms with Crippen LogP contribution in [-0.4, -0.2) is 61.2 Å². The van der Waals surface area contributed by atoms with E-state index in [0.29, 0.717) is 32.0 Å². The zero-order chi connectivity index (χ0) is 36.0. The first-order valence-corrected chi connectivity index (χ1v) is 18.3. The minimum atomic E-state index is -0.0990. The Morgan fingerprint density at radius 2 is 1.75 bits per heavy atom. The molecule has 0 atom stereocenters. The predicted molar refractivity (Wildman–Crippen MR) is 208 cm³/mol. The summed E-state index contributed by atoms with van der Waals surface area (Å²) in [4.78, 5) is 25.9. The molecule has 4 aromatic rings. The van der Waals surface area contributed by atoms with E-state index in [0.717, 1.165) is 102 Å². The van der Waals surface area contributed by atoms with Crippen molar-refractivity contribution in [3.63, 3.8) is 0 Å². The first-order chi connectivity index (χ1) is 24.9. The van der Waals surface area contributed by atoms with Crippen LogP contribution < -0.4 is 15.0 Å². The topological polar surface area (TPSA) is 90.2 Å². The van der Waals surface area contributed by atoms with Crippen LogP contribution in [0.4, 0.5) is 11.4 Å². The number of aryl methyl sites for hydroxylation is 1. The van der Waals surface area contributed by atoms with Crippen molar-refractivity contribution in [3.05, 3.63) is 102 Å². The van der Waals surface area contributed by atoms with Gasteiger partial charge >= 0.3 is 0 Å². The first kappa shape index (κ1) is 37.4. The number of carbonyl (C=O) groups excluding carboxylic acids is 1. The minimum absolute atomic E-state index is 0.0990. The van der Waals surface area contributed by atoms with Gasteiger partial charge in [-0.25, -0.2) is 4.98 Å². The Labute approximate surface area is 303 Å². The van der Waals surface area contributed by atoms with Gasteiger partial charge in [0.05, 0.1) is 18.7 Å². The van der Waals surface area contributed by atoms with Crippen LogP contribution in [0.1, 0.15) is 70.3 Å². The van der Waals surface area contributed by atoms with E-state index in [2.05, 4.69) is 89.0 Å². The molecule has 0 aliphatic carbocycles. The summed E-state index contributed by atoms with van der Waals surface area (Å²) >= 11 is 0. The monoisotopic (exact) mass is 691 g/mol. The highest BCUT2D eigenvalue weighted by atomic mass is 16.6. The number of nitrogens with one attached hydrogen (secondary N) is 1. The van der Waals surface area contributed by atoms with Crippen molar-refractivity contribution in [3.8, 4) is 16.9 Å². The Morgan fingerprint density at radius 1 is 0.961 bits per heavy atom. The summed E-state index contributed by atoms with van der Waals surface area (Å²) < 4.78 is 13.6. The Balaban J connectivity index is 1.30. The highest BCUT2D eigenvalue weighted by Crippen LogP contribution is 2.34. The van der Waals surface area contributed by atoms with Crippen LogP contribution in [0.3, 0.4) is 0 Å². The lowest BCUT2D eigenvalue weighted by molar-refractivity contribution is -0.112. The number of unbranched alkanes of at least 4 members (excludes halogenated alkanes) is 1. The number of ether oxygens (including phenoxy) is 2. The molecular formula is C42H53N5O4. The van der Waals surface area contributed by atoms with E-state index < -0.39 is 0 Å². The molecule has 1 N–H and O–H groups in total. The highest BCUT2D eigenvalue weighted by Gasteiger charge is 2.21. The Bertz CT molecular complexity index is 1760. The molecular weight excluding hydrogens is 638 g/mol. The van der Waals surface area contributed by atoms with Gasteiger partial charge < -0.3 is 29.1 Å². The molecule has 9 nitrogen and oxygen atoms in total. The van der Waals surface area contributed by atoms with Crippen LogP contribution in [0, 0.1) is 5.92 Å². The summed E-state index contributed by atoms with van der Waals surface area (Å²) in [6.07, 6.45) is 10.3. The zero-order valence-electron chi connectivity index (χ0n) is 30.9. The maximum atomic E-state index is 13.8. The van der Waals surface area contributed by atoms with Gasteiger partial charge in [-0.05, 0) is 89.9 Å². The summed E-state index contributed by atoms with van der Waals surface area (Å²) in [7, 11) is 1.55. The first-order valence-electron chi connectivity index (χ1n) is 18.3. The molecule has 270 valence electrons. The molecule has 0 spiro atoms. The molecule has 51 heavy (non-hydrogen) atoms. The second-order valence-electron chi connectivity index (χ2n) is 13.3. The molecule has 1 aliphatic rings. The van der Waals surface area contributed by atoms with E-state index in [-0.39, 0.29) is 5.91 Å². The number of amides is 1. The molecule has 0 bridgehead atoms. The molecule has 1 amide bonds. The van der Waals surface area contributed by atoms with Crippen molar-refractivity contribution in [2.75, 3.05) is 50.2 Å². The molecule has 5 rings (SSSR count). The maximum absolute atomic E-state index is 13.8. The van der Waals surface area contributed by atoms with Crippen molar-refractivity contribution in [1.29, 1.82) is 0 Å². The third-order valence-electron chi connectivity index (χ3n) is 8.82. The fraction of sp³-hybridized carbons (Fsp3) is 0.405. The van der Waals surface area contributed by atoms with Gasteiger partial charge in [-0.3, -0.25) is 4.79 Å². The summed E-state index contributed by atoms with van der Waals surface area (Å²) in [5, 5.41) is 7.44. The van der Waals surface area contributed by atoms with Crippen molar-refractivity contribution in [2.45, 2.75) is 66.3 Å². The summed E-state index contributed by atoms with van der Waals surface area (Å²) in [6, 6.07) is 22.5. The number of benzene rings is 3. The number of anilines is 2. The van der Waals surface area contributed by atoms with Crippen molar-refractivity contribution in [2.24, 2.45) is 11.1 Å². The molecule has 0 saturated heterocycles. The fourth-order valence-electron chi connectivity index (χ4n) is 6.25. The maximum Gasteiger partial charge on any atom is 0.251 e. The number of rotatable bonds is 18. The van der Waals surface area contributed by atoms with Gasteiger partial charge in [0.15, 0.2) is 0 Å². The van der Waals surface area contributed by atoms with E-state index in [1.807, 2.05) is 48.8 Å². The van der Waals surface area contributed by atoms with Gasteiger partial charge in [0.2, 0.25) is 0 Å². The zero-order valence-corrected chi connectivity index (χ0v) is 30.9. The van der Waals surface area contributed by atoms with Gasteiger partial charge in [-0.1, -0.05) is 69.6 Å². The number of carbonyl (C=O) groups is 1. The lowest BCUT2D eigenvalue weighted by Gasteiger charge is -2.27. The predicted octanol–water partition coefficient (Wildman–Crippen LogP) is 8.64. The third kappa shape index (κ3) is 10.6. The largest absolute Gasteiger partial charge is 0.491 e. The normalized spacial score (nSPS) is 13.1. The highest BCUT2D eigenvalue weighted by molar-refractivity contribution is 6.08. The van der Waals surface area contributed by atoms with E-state index in [1.165, 1.54) is 0 Å². The van der Waals surface area contributed by atoms with Crippen molar-refractivity contribution in [1.82, 2.24) is 9.55 Å². The standard InChI is InChI=1S/C42H53N5O4/c1-6-8-24-50-25-26-51-38-16-11-32(12-17-38)34-13-18-40-36(27-34)28-35(19-22-47(40)30-31(3)4)42(48)44-37-14-9-33(10-15-37)39(45-49-5)29-41-43-20-23-46(41)21-7-2/h9-18,20,23,27-28,31H,6-8,19,21-22,24-26,29-30H2,1-5H3,(H,44,48). The minimum Gasteiger partial charge on any atom is -0.491 e. The van der Waals surface area contributed by atoms with E-state index >= 15 is 0 Å². The summed E-state index contributed by atoms with van der Waals surface area (Å²) in [6.45, 7) is 13.2. The lowest BCUT2D eigenvalue weighted by Crippen LogP contribution is -2.29. The van der Waals surface area contributed by atoms with E-state index in [9.17, 15) is 4.79 Å².